The summed E-state index contributed by atoms with van der Waals surface area (Å²) < 4.78 is 5.71. The number of ether oxygens (including phenoxy) is 1. The Bertz CT molecular complexity index is 748. The van der Waals surface area contributed by atoms with Gasteiger partial charge in [-0.1, -0.05) is 12.2 Å². The number of aliphatic carboxylic acids is 1. The van der Waals surface area contributed by atoms with E-state index < -0.39 is 23.4 Å². The number of carbonyl (C=O) groups is 2. The molecule has 0 spiro atoms. The van der Waals surface area contributed by atoms with Crippen molar-refractivity contribution >= 4 is 11.9 Å². The van der Waals surface area contributed by atoms with Crippen LogP contribution in [0.1, 0.15) is 40.0 Å². The molecule has 6 aliphatic carbocycles. The number of carboxylic acid groups (broad SMARTS) is 1. The van der Waals surface area contributed by atoms with E-state index in [1.165, 1.54) is 12.8 Å². The van der Waals surface area contributed by atoms with Gasteiger partial charge in [-0.2, -0.15) is 0 Å². The molecule has 6 rings (SSSR count). The van der Waals surface area contributed by atoms with Crippen molar-refractivity contribution in [1.29, 1.82) is 0 Å². The highest BCUT2D eigenvalue weighted by Crippen LogP contribution is 2.77. The number of rotatable bonds is 2. The summed E-state index contributed by atoms with van der Waals surface area (Å²) in [7, 11) is 0. The van der Waals surface area contributed by atoms with E-state index in [-0.39, 0.29) is 17.8 Å². The van der Waals surface area contributed by atoms with Gasteiger partial charge in [0.1, 0.15) is 5.60 Å². The molecule has 0 aromatic heterocycles. The van der Waals surface area contributed by atoms with Gasteiger partial charge < -0.3 is 9.84 Å². The normalized spacial score (nSPS) is 55.8. The fourth-order valence-corrected chi connectivity index (χ4v) is 9.30. The van der Waals surface area contributed by atoms with Crippen molar-refractivity contribution in [3.05, 3.63) is 12.2 Å². The standard InChI is InChI=1S/C23H30O4/c1-23(2,3)27-22(26)20-14-8-13(19(20)21(24)25)17-11-7-12(18(14)17)16-10-5-4-9(6-10)15(11)16/h4-5,9-20H,6-8H2,1-3H3,(H,24,25). The minimum absolute atomic E-state index is 0.189. The maximum atomic E-state index is 13.0. The third-order valence-corrected chi connectivity index (χ3v) is 9.36. The van der Waals surface area contributed by atoms with Crippen LogP contribution in [0.2, 0.25) is 0 Å². The van der Waals surface area contributed by atoms with E-state index in [9.17, 15) is 14.7 Å². The third-order valence-electron chi connectivity index (χ3n) is 9.36. The van der Waals surface area contributed by atoms with E-state index in [0.29, 0.717) is 17.8 Å². The molecule has 0 amide bonds. The van der Waals surface area contributed by atoms with Gasteiger partial charge >= 0.3 is 11.9 Å². The summed E-state index contributed by atoms with van der Waals surface area (Å²) in [6.07, 6.45) is 8.47. The molecule has 0 heterocycles. The average Bonchev–Trinajstić information content (AvgIpc) is 3.36. The molecular formula is C23H30O4. The molecule has 0 aromatic rings. The number of fused-ring (bicyclic) bond motifs is 16. The van der Waals surface area contributed by atoms with Crippen molar-refractivity contribution in [3.63, 3.8) is 0 Å². The van der Waals surface area contributed by atoms with Crippen LogP contribution in [0, 0.1) is 71.0 Å². The first kappa shape index (κ1) is 16.6. The molecule has 27 heavy (non-hydrogen) atoms. The third kappa shape index (κ3) is 1.95. The zero-order valence-corrected chi connectivity index (χ0v) is 16.4. The number of carboxylic acids is 1. The van der Waals surface area contributed by atoms with Crippen molar-refractivity contribution in [2.24, 2.45) is 71.0 Å². The highest BCUT2D eigenvalue weighted by molar-refractivity contribution is 5.83. The van der Waals surface area contributed by atoms with Gasteiger partial charge in [0.2, 0.25) is 0 Å². The van der Waals surface area contributed by atoms with Crippen molar-refractivity contribution in [2.45, 2.75) is 45.6 Å². The van der Waals surface area contributed by atoms with Crippen LogP contribution in [0.4, 0.5) is 0 Å². The molecule has 4 nitrogen and oxygen atoms in total. The Kier molecular flexibility index (Phi) is 3.07. The molecule has 12 atom stereocenters. The van der Waals surface area contributed by atoms with E-state index in [4.69, 9.17) is 4.74 Å². The number of hydrogen-bond acceptors (Lipinski definition) is 3. The molecule has 0 aliphatic heterocycles. The average molecular weight is 370 g/mol. The quantitative estimate of drug-likeness (QED) is 0.458. The molecule has 5 saturated carbocycles. The van der Waals surface area contributed by atoms with Crippen LogP contribution in [-0.4, -0.2) is 22.6 Å². The van der Waals surface area contributed by atoms with Gasteiger partial charge in [-0.25, -0.2) is 0 Å². The first-order valence-corrected chi connectivity index (χ1v) is 10.9. The van der Waals surface area contributed by atoms with E-state index >= 15 is 0 Å². The zero-order chi connectivity index (χ0) is 18.8. The monoisotopic (exact) mass is 370 g/mol. The molecule has 0 aromatic carbocycles. The molecule has 12 unspecified atom stereocenters. The molecule has 146 valence electrons. The summed E-state index contributed by atoms with van der Waals surface area (Å²) in [5.41, 5.74) is -0.559. The lowest BCUT2D eigenvalue weighted by Crippen LogP contribution is -2.49. The Balaban J connectivity index is 1.35. The number of allylic oxidation sites excluding steroid dienone is 2. The van der Waals surface area contributed by atoms with E-state index in [2.05, 4.69) is 12.2 Å². The second-order valence-corrected chi connectivity index (χ2v) is 11.3. The predicted octanol–water partition coefficient (Wildman–Crippen LogP) is 3.62. The Hall–Kier alpha value is -1.32. The highest BCUT2D eigenvalue weighted by Gasteiger charge is 2.74. The van der Waals surface area contributed by atoms with Gasteiger partial charge in [0, 0.05) is 0 Å². The van der Waals surface area contributed by atoms with Gasteiger partial charge in [0.15, 0.2) is 0 Å². The second-order valence-electron chi connectivity index (χ2n) is 11.3. The second kappa shape index (κ2) is 4.99. The van der Waals surface area contributed by atoms with Crippen LogP contribution in [-0.2, 0) is 14.3 Å². The minimum atomic E-state index is -0.774. The molecule has 6 bridgehead atoms. The summed E-state index contributed by atoms with van der Waals surface area (Å²) in [6, 6.07) is 0. The Morgan fingerprint density at radius 1 is 0.815 bits per heavy atom. The van der Waals surface area contributed by atoms with Crippen LogP contribution in [0.25, 0.3) is 0 Å². The van der Waals surface area contributed by atoms with E-state index in [1.807, 2.05) is 20.8 Å². The first-order chi connectivity index (χ1) is 12.8. The Morgan fingerprint density at radius 3 is 1.85 bits per heavy atom. The van der Waals surface area contributed by atoms with Crippen molar-refractivity contribution in [2.75, 3.05) is 0 Å². The van der Waals surface area contributed by atoms with Crippen molar-refractivity contribution < 1.29 is 19.4 Å². The molecule has 6 aliphatic rings. The lowest BCUT2D eigenvalue weighted by molar-refractivity contribution is -0.173. The van der Waals surface area contributed by atoms with Crippen molar-refractivity contribution in [3.8, 4) is 0 Å². The van der Waals surface area contributed by atoms with Crippen LogP contribution >= 0.6 is 0 Å². The zero-order valence-electron chi connectivity index (χ0n) is 16.4. The minimum Gasteiger partial charge on any atom is -0.481 e. The SMILES string of the molecule is CC(C)(C)OC(=O)C1C2CC(C1C(=O)O)C1C3CC(C4C5C=CC(C5)C34)C21. The summed E-state index contributed by atoms with van der Waals surface area (Å²) in [4.78, 5) is 25.2. The van der Waals surface area contributed by atoms with Gasteiger partial charge in [0.05, 0.1) is 11.8 Å². The Morgan fingerprint density at radius 2 is 1.33 bits per heavy atom. The van der Waals surface area contributed by atoms with E-state index in [1.54, 1.807) is 0 Å². The summed E-state index contributed by atoms with van der Waals surface area (Å²) in [6.45, 7) is 5.63. The summed E-state index contributed by atoms with van der Waals surface area (Å²) in [5, 5.41) is 10.0. The van der Waals surface area contributed by atoms with Gasteiger partial charge in [-0.15, -0.1) is 0 Å². The maximum absolute atomic E-state index is 13.0. The number of hydrogen-bond donors (Lipinski definition) is 1. The molecule has 0 saturated heterocycles. The molecular weight excluding hydrogens is 340 g/mol. The highest BCUT2D eigenvalue weighted by atomic mass is 16.6. The van der Waals surface area contributed by atoms with Crippen LogP contribution < -0.4 is 0 Å². The molecule has 1 N–H and O–H groups in total. The van der Waals surface area contributed by atoms with Crippen LogP contribution in [0.3, 0.4) is 0 Å². The maximum Gasteiger partial charge on any atom is 0.310 e. The van der Waals surface area contributed by atoms with Crippen molar-refractivity contribution in [1.82, 2.24) is 0 Å². The summed E-state index contributed by atoms with van der Waals surface area (Å²) in [5.74, 6) is 4.11. The predicted molar refractivity (Wildman–Crippen MR) is 98.4 cm³/mol. The number of esters is 1. The summed E-state index contributed by atoms with van der Waals surface area (Å²) >= 11 is 0. The van der Waals surface area contributed by atoms with Gasteiger partial charge in [0.25, 0.3) is 0 Å². The fourth-order valence-electron chi connectivity index (χ4n) is 9.30. The first-order valence-electron chi connectivity index (χ1n) is 10.9. The Labute approximate surface area is 160 Å². The smallest absolute Gasteiger partial charge is 0.310 e. The molecule has 4 heteroatoms. The largest absolute Gasteiger partial charge is 0.481 e. The lowest BCUT2D eigenvalue weighted by Gasteiger charge is -2.47. The van der Waals surface area contributed by atoms with Crippen LogP contribution in [0.15, 0.2) is 12.2 Å². The lowest BCUT2D eigenvalue weighted by atomic mass is 9.57. The van der Waals surface area contributed by atoms with Gasteiger partial charge in [-0.05, 0) is 99.2 Å². The molecule has 0 radical (unpaired) electrons. The topological polar surface area (TPSA) is 63.6 Å². The van der Waals surface area contributed by atoms with Gasteiger partial charge in [-0.3, -0.25) is 9.59 Å². The van der Waals surface area contributed by atoms with Crippen LogP contribution in [0.5, 0.6) is 0 Å². The fraction of sp³-hybridized carbons (Fsp3) is 0.826. The van der Waals surface area contributed by atoms with E-state index in [0.717, 1.165) is 36.0 Å². The number of carbonyl (C=O) groups excluding carboxylic acids is 1. The molecule has 5 fully saturated rings.